The van der Waals surface area contributed by atoms with Gasteiger partial charge in [0.1, 0.15) is 5.75 Å². The minimum atomic E-state index is -0.591. The van der Waals surface area contributed by atoms with Crippen molar-refractivity contribution >= 4 is 11.8 Å². The zero-order valence-electron chi connectivity index (χ0n) is 19.3. The van der Waals surface area contributed by atoms with Crippen molar-refractivity contribution in [3.05, 3.63) is 64.7 Å². The zero-order chi connectivity index (χ0) is 22.5. The fourth-order valence-electron chi connectivity index (χ4n) is 4.04. The number of ether oxygens (including phenoxy) is 1. The first-order valence-corrected chi connectivity index (χ1v) is 11.2. The lowest BCUT2D eigenvalue weighted by Gasteiger charge is -2.38. The number of carbonyl (C=O) groups excluding carboxylic acids is 2. The number of carbonyl (C=O) groups is 2. The predicted octanol–water partition coefficient (Wildman–Crippen LogP) is 4.42. The Labute approximate surface area is 185 Å². The molecule has 1 aliphatic heterocycles. The number of nitrogens with one attached hydrogen (secondary N) is 1. The van der Waals surface area contributed by atoms with Gasteiger partial charge >= 0.3 is 0 Å². The molecule has 1 N–H and O–H groups in total. The molecule has 2 unspecified atom stereocenters. The number of hydrogen-bond donors (Lipinski definition) is 1. The highest BCUT2D eigenvalue weighted by Crippen LogP contribution is 2.38. The highest BCUT2D eigenvalue weighted by Gasteiger charge is 2.32. The van der Waals surface area contributed by atoms with Crippen LogP contribution in [0.25, 0.3) is 0 Å². The molecule has 0 spiro atoms. The summed E-state index contributed by atoms with van der Waals surface area (Å²) in [6, 6.07) is 14.2. The predicted molar refractivity (Wildman–Crippen MR) is 123 cm³/mol. The maximum atomic E-state index is 12.8. The Balaban J connectivity index is 1.92. The van der Waals surface area contributed by atoms with Crippen LogP contribution in [0.2, 0.25) is 0 Å². The lowest BCUT2D eigenvalue weighted by Crippen LogP contribution is -2.40. The second kappa shape index (κ2) is 9.99. The van der Waals surface area contributed by atoms with Crippen LogP contribution in [-0.4, -0.2) is 35.9 Å². The molecule has 0 fully saturated rings. The van der Waals surface area contributed by atoms with Gasteiger partial charge in [-0.05, 0) is 55.0 Å². The van der Waals surface area contributed by atoms with E-state index in [-0.39, 0.29) is 17.9 Å². The fraction of sp³-hybridized carbons (Fsp3) is 0.462. The van der Waals surface area contributed by atoms with Crippen LogP contribution in [0.1, 0.15) is 62.4 Å². The van der Waals surface area contributed by atoms with E-state index < -0.39 is 6.10 Å². The Morgan fingerprint density at radius 1 is 1.16 bits per heavy atom. The third-order valence-corrected chi connectivity index (χ3v) is 5.69. The van der Waals surface area contributed by atoms with Gasteiger partial charge in [-0.25, -0.2) is 0 Å². The summed E-state index contributed by atoms with van der Waals surface area (Å²) in [5.74, 6) is 1.06. The second-order valence-electron chi connectivity index (χ2n) is 8.77. The molecule has 1 heterocycles. The molecule has 2 atom stereocenters. The lowest BCUT2D eigenvalue weighted by molar-refractivity contribution is -0.133. The highest BCUT2D eigenvalue weighted by molar-refractivity contribution is 5.80. The molecule has 0 saturated carbocycles. The molecular weight excluding hydrogens is 388 g/mol. The van der Waals surface area contributed by atoms with Gasteiger partial charge < -0.3 is 15.0 Å². The monoisotopic (exact) mass is 422 g/mol. The third kappa shape index (κ3) is 5.46. The van der Waals surface area contributed by atoms with Gasteiger partial charge in [0.05, 0.1) is 6.04 Å². The maximum Gasteiger partial charge on any atom is 0.260 e. The van der Waals surface area contributed by atoms with Crippen LogP contribution >= 0.6 is 0 Å². The molecule has 0 aliphatic carbocycles. The molecule has 2 aromatic rings. The van der Waals surface area contributed by atoms with E-state index in [9.17, 15) is 9.59 Å². The quantitative estimate of drug-likeness (QED) is 0.719. The van der Waals surface area contributed by atoms with Crippen molar-refractivity contribution in [3.8, 4) is 5.75 Å². The number of nitrogens with zero attached hydrogens (tertiary/aromatic N) is 1. The van der Waals surface area contributed by atoms with E-state index in [2.05, 4.69) is 50.4 Å². The van der Waals surface area contributed by atoms with E-state index in [4.69, 9.17) is 4.74 Å². The van der Waals surface area contributed by atoms with Gasteiger partial charge in [-0.15, -0.1) is 0 Å². The average Bonchev–Trinajstić information content (AvgIpc) is 2.75. The van der Waals surface area contributed by atoms with Crippen molar-refractivity contribution in [2.75, 3.05) is 13.1 Å². The molecule has 0 saturated heterocycles. The van der Waals surface area contributed by atoms with Crippen LogP contribution in [0.4, 0.5) is 0 Å². The minimum Gasteiger partial charge on any atom is -0.481 e. The molecule has 3 rings (SSSR count). The number of aryl methyl sites for hydroxylation is 1. The van der Waals surface area contributed by atoms with Gasteiger partial charge in [0.25, 0.3) is 5.91 Å². The summed E-state index contributed by atoms with van der Waals surface area (Å²) >= 11 is 0. The molecule has 166 valence electrons. The largest absolute Gasteiger partial charge is 0.481 e. The first kappa shape index (κ1) is 22.9. The first-order valence-electron chi connectivity index (χ1n) is 11.2. The maximum absolute atomic E-state index is 12.8. The average molecular weight is 423 g/mol. The fourth-order valence-corrected chi connectivity index (χ4v) is 4.04. The van der Waals surface area contributed by atoms with Crippen molar-refractivity contribution in [3.63, 3.8) is 0 Å². The summed E-state index contributed by atoms with van der Waals surface area (Å²) < 4.78 is 5.99. The van der Waals surface area contributed by atoms with Gasteiger partial charge in [-0.3, -0.25) is 9.59 Å². The Kier molecular flexibility index (Phi) is 7.37. The molecule has 0 radical (unpaired) electrons. The first-order chi connectivity index (χ1) is 14.8. The molecule has 0 aromatic heterocycles. The van der Waals surface area contributed by atoms with Crippen molar-refractivity contribution < 1.29 is 14.3 Å². The van der Waals surface area contributed by atoms with E-state index in [1.807, 2.05) is 30.0 Å². The molecule has 31 heavy (non-hydrogen) atoms. The molecule has 0 bridgehead atoms. The molecule has 5 nitrogen and oxygen atoms in total. The zero-order valence-corrected chi connectivity index (χ0v) is 19.3. The van der Waals surface area contributed by atoms with Gasteiger partial charge in [0.15, 0.2) is 6.10 Å². The van der Waals surface area contributed by atoms with E-state index in [0.29, 0.717) is 31.2 Å². The molecule has 1 aliphatic rings. The summed E-state index contributed by atoms with van der Waals surface area (Å²) in [4.78, 5) is 27.1. The normalized spacial score (nSPS) is 16.6. The summed E-state index contributed by atoms with van der Waals surface area (Å²) in [6.45, 7) is 11.2. The summed E-state index contributed by atoms with van der Waals surface area (Å²) in [5.41, 5.74) is 4.56. The summed E-state index contributed by atoms with van der Waals surface area (Å²) in [6.07, 6.45) is 0.695. The Hall–Kier alpha value is -2.82. The molecule has 2 aromatic carbocycles. The van der Waals surface area contributed by atoms with Crippen LogP contribution in [-0.2, 0) is 16.0 Å². The minimum absolute atomic E-state index is 0.121. The number of rotatable bonds is 7. The summed E-state index contributed by atoms with van der Waals surface area (Å²) in [5, 5.41) is 2.92. The number of hydrogen-bond acceptors (Lipinski definition) is 3. The van der Waals surface area contributed by atoms with E-state index >= 15 is 0 Å². The van der Waals surface area contributed by atoms with Crippen molar-refractivity contribution in [2.45, 2.75) is 59.6 Å². The topological polar surface area (TPSA) is 58.6 Å². The van der Waals surface area contributed by atoms with E-state index in [1.165, 1.54) is 5.56 Å². The molecule has 5 heteroatoms. The van der Waals surface area contributed by atoms with Gasteiger partial charge in [0, 0.05) is 19.5 Å². The van der Waals surface area contributed by atoms with Gasteiger partial charge in [-0.2, -0.15) is 0 Å². The molecular formula is C26H34N2O3. The van der Waals surface area contributed by atoms with Crippen molar-refractivity contribution in [2.24, 2.45) is 5.92 Å². The van der Waals surface area contributed by atoms with Gasteiger partial charge in [0.2, 0.25) is 5.91 Å². The Morgan fingerprint density at radius 3 is 2.61 bits per heavy atom. The smallest absolute Gasteiger partial charge is 0.260 e. The standard InChI is InChI=1S/C26H34N2O3/c1-6-24(29)28-13-12-20-10-11-22(31-19(5)26(30)27-16-17(2)3)15-23(20)25(28)21-9-7-8-18(4)14-21/h7-11,14-15,17,19,25H,6,12-13,16H2,1-5H3,(H,27,30). The molecule has 2 amide bonds. The Morgan fingerprint density at radius 2 is 1.94 bits per heavy atom. The number of amides is 2. The van der Waals surface area contributed by atoms with Crippen molar-refractivity contribution in [1.29, 1.82) is 0 Å². The Bertz CT molecular complexity index is 938. The third-order valence-electron chi connectivity index (χ3n) is 5.69. The second-order valence-corrected chi connectivity index (χ2v) is 8.77. The lowest BCUT2D eigenvalue weighted by atomic mass is 9.87. The number of benzene rings is 2. The van der Waals surface area contributed by atoms with E-state index in [1.54, 1.807) is 6.92 Å². The number of fused-ring (bicyclic) bond motifs is 1. The summed E-state index contributed by atoms with van der Waals surface area (Å²) in [7, 11) is 0. The van der Waals surface area contributed by atoms with Crippen LogP contribution in [0.5, 0.6) is 5.75 Å². The van der Waals surface area contributed by atoms with Crippen LogP contribution < -0.4 is 10.1 Å². The van der Waals surface area contributed by atoms with Crippen molar-refractivity contribution in [1.82, 2.24) is 10.2 Å². The van der Waals surface area contributed by atoms with Crippen LogP contribution in [0.15, 0.2) is 42.5 Å². The van der Waals surface area contributed by atoms with Gasteiger partial charge in [-0.1, -0.05) is 56.7 Å². The van der Waals surface area contributed by atoms with E-state index in [0.717, 1.165) is 23.1 Å². The highest BCUT2D eigenvalue weighted by atomic mass is 16.5. The van der Waals surface area contributed by atoms with Crippen LogP contribution in [0.3, 0.4) is 0 Å². The SMILES string of the molecule is CCC(=O)N1CCc2ccc(OC(C)C(=O)NCC(C)C)cc2C1c1cccc(C)c1. The van der Waals surface area contributed by atoms with Crippen LogP contribution in [0, 0.1) is 12.8 Å².